The Bertz CT molecular complexity index is 796. The van der Waals surface area contributed by atoms with Gasteiger partial charge in [-0.25, -0.2) is 4.98 Å². The maximum Gasteiger partial charge on any atom is 0.276 e. The molecule has 106 valence electrons. The molecule has 3 aromatic heterocycles. The molecule has 0 spiro atoms. The number of hydrogen-bond donors (Lipinski definition) is 1. The van der Waals surface area contributed by atoms with E-state index < -0.39 is 0 Å². The van der Waals surface area contributed by atoms with Gasteiger partial charge in [-0.3, -0.25) is 4.79 Å². The summed E-state index contributed by atoms with van der Waals surface area (Å²) < 4.78 is 6.47. The molecule has 21 heavy (non-hydrogen) atoms. The topological polar surface area (TPSA) is 94.3 Å². The smallest absolute Gasteiger partial charge is 0.276 e. The van der Waals surface area contributed by atoms with Crippen LogP contribution in [0.25, 0.3) is 5.65 Å². The number of hydrogen-bond acceptors (Lipinski definition) is 6. The molecule has 0 bridgehead atoms. The minimum Gasteiger partial charge on any atom is -0.481 e. The fourth-order valence-electron chi connectivity index (χ4n) is 1.79. The monoisotopic (exact) mass is 284 g/mol. The number of carbonyl (C=O) groups is 1. The molecular formula is C13H12N6O2. The van der Waals surface area contributed by atoms with E-state index in [1.54, 1.807) is 31.2 Å². The van der Waals surface area contributed by atoms with E-state index >= 15 is 0 Å². The van der Waals surface area contributed by atoms with Crippen LogP contribution in [0.3, 0.4) is 0 Å². The summed E-state index contributed by atoms with van der Waals surface area (Å²) >= 11 is 0. The van der Waals surface area contributed by atoms with Crippen molar-refractivity contribution in [1.29, 1.82) is 0 Å². The van der Waals surface area contributed by atoms with E-state index in [1.807, 2.05) is 0 Å². The van der Waals surface area contributed by atoms with Crippen molar-refractivity contribution in [2.75, 3.05) is 12.4 Å². The summed E-state index contributed by atoms with van der Waals surface area (Å²) in [5.41, 5.74) is 1.42. The Morgan fingerprint density at radius 1 is 1.24 bits per heavy atom. The van der Waals surface area contributed by atoms with Gasteiger partial charge in [-0.15, -0.1) is 10.2 Å². The van der Waals surface area contributed by atoms with Gasteiger partial charge in [-0.05, 0) is 25.1 Å². The second-order valence-corrected chi connectivity index (χ2v) is 4.28. The van der Waals surface area contributed by atoms with Crippen molar-refractivity contribution < 1.29 is 9.53 Å². The van der Waals surface area contributed by atoms with E-state index in [1.165, 1.54) is 17.8 Å². The second-order valence-electron chi connectivity index (χ2n) is 4.28. The average molecular weight is 284 g/mol. The predicted octanol–water partition coefficient (Wildman–Crippen LogP) is 1.09. The van der Waals surface area contributed by atoms with Gasteiger partial charge < -0.3 is 10.1 Å². The molecule has 0 aromatic carbocycles. The van der Waals surface area contributed by atoms with Crippen LogP contribution in [0.2, 0.25) is 0 Å². The highest BCUT2D eigenvalue weighted by molar-refractivity contribution is 6.02. The molecule has 0 unspecified atom stereocenters. The third-order valence-corrected chi connectivity index (χ3v) is 2.85. The number of aryl methyl sites for hydroxylation is 1. The van der Waals surface area contributed by atoms with Crippen molar-refractivity contribution in [2.45, 2.75) is 6.92 Å². The SMILES string of the molecule is COc1ccc(NC(=O)c2ccc3nnc(C)n3n2)cn1. The molecule has 0 fully saturated rings. The molecule has 0 saturated heterocycles. The van der Waals surface area contributed by atoms with Gasteiger partial charge in [0, 0.05) is 6.07 Å². The third-order valence-electron chi connectivity index (χ3n) is 2.85. The number of fused-ring (bicyclic) bond motifs is 1. The molecule has 3 heterocycles. The molecule has 0 atom stereocenters. The number of aromatic nitrogens is 5. The number of pyridine rings is 1. The minimum absolute atomic E-state index is 0.265. The van der Waals surface area contributed by atoms with Crippen LogP contribution >= 0.6 is 0 Å². The molecule has 8 nitrogen and oxygen atoms in total. The highest BCUT2D eigenvalue weighted by atomic mass is 16.5. The van der Waals surface area contributed by atoms with E-state index in [-0.39, 0.29) is 11.6 Å². The van der Waals surface area contributed by atoms with Crippen LogP contribution in [0.15, 0.2) is 30.5 Å². The average Bonchev–Trinajstić information content (AvgIpc) is 2.89. The van der Waals surface area contributed by atoms with Gasteiger partial charge in [0.25, 0.3) is 5.91 Å². The number of nitrogens with zero attached hydrogens (tertiary/aromatic N) is 5. The van der Waals surface area contributed by atoms with Crippen molar-refractivity contribution in [3.05, 3.63) is 42.0 Å². The first kappa shape index (κ1) is 13.0. The number of anilines is 1. The number of rotatable bonds is 3. The number of carbonyl (C=O) groups excluding carboxylic acids is 1. The quantitative estimate of drug-likeness (QED) is 0.773. The van der Waals surface area contributed by atoms with E-state index in [9.17, 15) is 4.79 Å². The first-order valence-corrected chi connectivity index (χ1v) is 6.18. The summed E-state index contributed by atoms with van der Waals surface area (Å²) in [7, 11) is 1.53. The molecule has 0 aliphatic rings. The van der Waals surface area contributed by atoms with Crippen LogP contribution in [0.4, 0.5) is 5.69 Å². The fraction of sp³-hybridized carbons (Fsp3) is 0.154. The van der Waals surface area contributed by atoms with E-state index in [4.69, 9.17) is 4.74 Å². The zero-order valence-corrected chi connectivity index (χ0v) is 11.4. The van der Waals surface area contributed by atoms with Crippen LogP contribution in [-0.4, -0.2) is 37.8 Å². The summed E-state index contributed by atoms with van der Waals surface area (Å²) in [5, 5.41) is 14.7. The van der Waals surface area contributed by atoms with Gasteiger partial charge in [0.2, 0.25) is 5.88 Å². The number of methoxy groups -OCH3 is 1. The summed E-state index contributed by atoms with van der Waals surface area (Å²) in [6, 6.07) is 6.65. The maximum absolute atomic E-state index is 12.2. The Morgan fingerprint density at radius 3 is 2.81 bits per heavy atom. The number of nitrogens with one attached hydrogen (secondary N) is 1. The molecule has 0 saturated carbocycles. The lowest BCUT2D eigenvalue weighted by atomic mass is 10.3. The van der Waals surface area contributed by atoms with Crippen molar-refractivity contribution in [3.8, 4) is 5.88 Å². The zero-order chi connectivity index (χ0) is 14.8. The minimum atomic E-state index is -0.336. The normalized spacial score (nSPS) is 10.6. The van der Waals surface area contributed by atoms with Crippen molar-refractivity contribution in [2.24, 2.45) is 0 Å². The van der Waals surface area contributed by atoms with Gasteiger partial charge in [0.05, 0.1) is 19.0 Å². The van der Waals surface area contributed by atoms with Crippen LogP contribution in [0.1, 0.15) is 16.3 Å². The molecule has 1 amide bonds. The first-order valence-electron chi connectivity index (χ1n) is 6.18. The molecule has 8 heteroatoms. The van der Waals surface area contributed by atoms with Crippen LogP contribution in [-0.2, 0) is 0 Å². The summed E-state index contributed by atoms with van der Waals surface area (Å²) in [6.07, 6.45) is 1.51. The van der Waals surface area contributed by atoms with Crippen molar-refractivity contribution in [3.63, 3.8) is 0 Å². The lowest BCUT2D eigenvalue weighted by molar-refractivity contribution is 0.102. The zero-order valence-electron chi connectivity index (χ0n) is 11.4. The molecule has 0 aliphatic heterocycles. The standard InChI is InChI=1S/C13H12N6O2/c1-8-16-17-11-5-4-10(18-19(8)11)13(20)15-9-3-6-12(21-2)14-7-9/h3-7H,1-2H3,(H,15,20). The molecule has 0 radical (unpaired) electrons. The highest BCUT2D eigenvalue weighted by Gasteiger charge is 2.11. The lowest BCUT2D eigenvalue weighted by Gasteiger charge is -2.05. The number of ether oxygens (including phenoxy) is 1. The Balaban J connectivity index is 1.83. The molecule has 3 aromatic rings. The van der Waals surface area contributed by atoms with Gasteiger partial charge in [0.15, 0.2) is 11.5 Å². The van der Waals surface area contributed by atoms with E-state index in [0.29, 0.717) is 23.0 Å². The maximum atomic E-state index is 12.2. The predicted molar refractivity (Wildman–Crippen MR) is 74.3 cm³/mol. The van der Waals surface area contributed by atoms with E-state index in [2.05, 4.69) is 25.6 Å². The van der Waals surface area contributed by atoms with Gasteiger partial charge >= 0.3 is 0 Å². The molecule has 0 aliphatic carbocycles. The van der Waals surface area contributed by atoms with Crippen LogP contribution < -0.4 is 10.1 Å². The number of amides is 1. The van der Waals surface area contributed by atoms with Crippen LogP contribution in [0, 0.1) is 6.92 Å². The fourth-order valence-corrected chi connectivity index (χ4v) is 1.79. The van der Waals surface area contributed by atoms with Crippen molar-refractivity contribution in [1.82, 2.24) is 24.8 Å². The van der Waals surface area contributed by atoms with Crippen LogP contribution in [0.5, 0.6) is 5.88 Å². The summed E-state index contributed by atoms with van der Waals surface area (Å²) in [4.78, 5) is 16.2. The van der Waals surface area contributed by atoms with Gasteiger partial charge in [0.1, 0.15) is 5.69 Å². The van der Waals surface area contributed by atoms with Crippen molar-refractivity contribution >= 4 is 17.2 Å². The van der Waals surface area contributed by atoms with Gasteiger partial charge in [-0.1, -0.05) is 0 Å². The Kier molecular flexibility index (Phi) is 3.19. The summed E-state index contributed by atoms with van der Waals surface area (Å²) in [6.45, 7) is 1.77. The molecule has 1 N–H and O–H groups in total. The first-order chi connectivity index (χ1) is 10.2. The second kappa shape index (κ2) is 5.16. The Morgan fingerprint density at radius 2 is 2.10 bits per heavy atom. The van der Waals surface area contributed by atoms with Gasteiger partial charge in [-0.2, -0.15) is 9.61 Å². The highest BCUT2D eigenvalue weighted by Crippen LogP contribution is 2.12. The third kappa shape index (κ3) is 2.50. The molecular weight excluding hydrogens is 272 g/mol. The van der Waals surface area contributed by atoms with E-state index in [0.717, 1.165) is 0 Å². The molecule has 3 rings (SSSR count). The largest absolute Gasteiger partial charge is 0.481 e. The summed E-state index contributed by atoms with van der Waals surface area (Å²) in [5.74, 6) is 0.760. The Hall–Kier alpha value is -3.03. The lowest BCUT2D eigenvalue weighted by Crippen LogP contribution is -2.15. The Labute approximate surface area is 119 Å².